The summed E-state index contributed by atoms with van der Waals surface area (Å²) < 4.78 is 13.5. The predicted molar refractivity (Wildman–Crippen MR) is 78.9 cm³/mol. The maximum Gasteiger partial charge on any atom is 0.322 e. The lowest BCUT2D eigenvalue weighted by molar-refractivity contribution is -0.137. The van der Waals surface area contributed by atoms with Crippen LogP contribution in [0.2, 0.25) is 0 Å². The highest BCUT2D eigenvalue weighted by Gasteiger charge is 2.27. The number of anilines is 1. The van der Waals surface area contributed by atoms with E-state index in [1.165, 1.54) is 11.0 Å². The van der Waals surface area contributed by atoms with E-state index in [9.17, 15) is 14.0 Å². The Morgan fingerprint density at radius 2 is 1.95 bits per heavy atom. The van der Waals surface area contributed by atoms with Gasteiger partial charge in [0.1, 0.15) is 5.82 Å². The van der Waals surface area contributed by atoms with Crippen molar-refractivity contribution in [3.63, 3.8) is 0 Å². The highest BCUT2D eigenvalue weighted by Crippen LogP contribution is 2.18. The number of hydrogen-bond acceptors (Lipinski definition) is 2. The third kappa shape index (κ3) is 5.06. The second-order valence-corrected chi connectivity index (χ2v) is 5.86. The minimum Gasteiger partial charge on any atom is -0.481 e. The van der Waals surface area contributed by atoms with E-state index in [2.05, 4.69) is 5.32 Å². The van der Waals surface area contributed by atoms with Crippen molar-refractivity contribution < 1.29 is 19.1 Å². The van der Waals surface area contributed by atoms with Gasteiger partial charge in [-0.2, -0.15) is 0 Å². The third-order valence-corrected chi connectivity index (χ3v) is 3.03. The van der Waals surface area contributed by atoms with Gasteiger partial charge in [0.25, 0.3) is 0 Å². The Morgan fingerprint density at radius 3 is 2.43 bits per heavy atom. The molecule has 0 atom stereocenters. The Morgan fingerprint density at radius 1 is 1.33 bits per heavy atom. The van der Waals surface area contributed by atoms with Crippen LogP contribution in [-0.2, 0) is 4.79 Å². The van der Waals surface area contributed by atoms with Crippen LogP contribution in [0.15, 0.2) is 18.2 Å². The maximum atomic E-state index is 13.5. The van der Waals surface area contributed by atoms with Crippen LogP contribution in [0.25, 0.3) is 0 Å². The smallest absolute Gasteiger partial charge is 0.322 e. The SMILES string of the molecule is Cc1ccc(NC(=O)N(CCC(=O)O)C(C)(C)C)cc1F. The Labute approximate surface area is 123 Å². The molecule has 0 radical (unpaired) electrons. The molecule has 0 unspecified atom stereocenters. The quantitative estimate of drug-likeness (QED) is 0.896. The number of nitrogens with zero attached hydrogens (tertiary/aromatic N) is 1. The monoisotopic (exact) mass is 296 g/mol. The van der Waals surface area contributed by atoms with Crippen molar-refractivity contribution in [1.82, 2.24) is 4.90 Å². The largest absolute Gasteiger partial charge is 0.481 e. The van der Waals surface area contributed by atoms with Crippen LogP contribution < -0.4 is 5.32 Å². The van der Waals surface area contributed by atoms with Crippen molar-refractivity contribution in [3.8, 4) is 0 Å². The number of halogens is 1. The second-order valence-electron chi connectivity index (χ2n) is 5.86. The zero-order valence-corrected chi connectivity index (χ0v) is 12.7. The van der Waals surface area contributed by atoms with Gasteiger partial charge in [0.2, 0.25) is 0 Å². The molecule has 0 aromatic heterocycles. The summed E-state index contributed by atoms with van der Waals surface area (Å²) >= 11 is 0. The van der Waals surface area contributed by atoms with Crippen molar-refractivity contribution in [2.45, 2.75) is 39.7 Å². The number of benzene rings is 1. The first-order valence-electron chi connectivity index (χ1n) is 6.68. The molecule has 0 bridgehead atoms. The van der Waals surface area contributed by atoms with Crippen molar-refractivity contribution in [3.05, 3.63) is 29.6 Å². The number of hydrogen-bond donors (Lipinski definition) is 2. The molecule has 6 heteroatoms. The standard InChI is InChI=1S/C15H21FN2O3/c1-10-5-6-11(9-12(10)16)17-14(21)18(15(2,3)4)8-7-13(19)20/h5-6,9H,7-8H2,1-4H3,(H,17,21)(H,19,20). The molecule has 21 heavy (non-hydrogen) atoms. The molecule has 1 aromatic rings. The van der Waals surface area contributed by atoms with Gasteiger partial charge in [-0.15, -0.1) is 0 Å². The molecule has 0 spiro atoms. The fraction of sp³-hybridized carbons (Fsp3) is 0.467. The summed E-state index contributed by atoms with van der Waals surface area (Å²) in [7, 11) is 0. The second kappa shape index (κ2) is 6.56. The van der Waals surface area contributed by atoms with Gasteiger partial charge in [0.15, 0.2) is 0 Å². The summed E-state index contributed by atoms with van der Waals surface area (Å²) in [6.07, 6.45) is -0.146. The van der Waals surface area contributed by atoms with E-state index in [1.807, 2.05) is 20.8 Å². The molecule has 0 aliphatic rings. The lowest BCUT2D eigenvalue weighted by Gasteiger charge is -2.35. The van der Waals surface area contributed by atoms with Crippen LogP contribution in [-0.4, -0.2) is 34.1 Å². The maximum absolute atomic E-state index is 13.5. The van der Waals surface area contributed by atoms with Crippen LogP contribution in [0.3, 0.4) is 0 Å². The molecule has 0 aliphatic heterocycles. The molecule has 2 amide bonds. The Kier molecular flexibility index (Phi) is 5.29. The summed E-state index contributed by atoms with van der Waals surface area (Å²) in [5.74, 6) is -1.38. The lowest BCUT2D eigenvalue weighted by Crippen LogP contribution is -2.48. The third-order valence-electron chi connectivity index (χ3n) is 3.03. The molecular weight excluding hydrogens is 275 g/mol. The van der Waals surface area contributed by atoms with Gasteiger partial charge in [0, 0.05) is 17.8 Å². The van der Waals surface area contributed by atoms with Gasteiger partial charge in [0.05, 0.1) is 6.42 Å². The van der Waals surface area contributed by atoms with Gasteiger partial charge in [-0.25, -0.2) is 9.18 Å². The Bertz CT molecular complexity index is 538. The summed E-state index contributed by atoms with van der Waals surface area (Å²) in [5, 5.41) is 11.4. The molecule has 1 aromatic carbocycles. The first-order valence-corrected chi connectivity index (χ1v) is 6.68. The topological polar surface area (TPSA) is 69.6 Å². The zero-order chi connectivity index (χ0) is 16.2. The van der Waals surface area contributed by atoms with Crippen LogP contribution in [0.5, 0.6) is 0 Å². The average Bonchev–Trinajstić information content (AvgIpc) is 2.32. The van der Waals surface area contributed by atoms with Crippen molar-refractivity contribution >= 4 is 17.7 Å². The summed E-state index contributed by atoms with van der Waals surface area (Å²) in [5.41, 5.74) is 0.294. The van der Waals surface area contributed by atoms with Gasteiger partial charge in [-0.3, -0.25) is 4.79 Å². The molecule has 116 valence electrons. The van der Waals surface area contributed by atoms with Crippen LogP contribution in [0, 0.1) is 12.7 Å². The summed E-state index contributed by atoms with van der Waals surface area (Å²) in [6.45, 7) is 7.15. The number of rotatable bonds is 4. The molecule has 0 fully saturated rings. The van der Waals surface area contributed by atoms with Crippen LogP contribution in [0.1, 0.15) is 32.8 Å². The normalized spacial score (nSPS) is 11.1. The van der Waals surface area contributed by atoms with Crippen molar-refractivity contribution in [2.24, 2.45) is 0 Å². The predicted octanol–water partition coefficient (Wildman–Crippen LogP) is 3.24. The fourth-order valence-corrected chi connectivity index (χ4v) is 1.81. The van der Waals surface area contributed by atoms with Crippen LogP contribution >= 0.6 is 0 Å². The van der Waals surface area contributed by atoms with E-state index < -0.39 is 23.4 Å². The number of carboxylic acid groups (broad SMARTS) is 1. The first-order chi connectivity index (χ1) is 9.61. The van der Waals surface area contributed by atoms with Gasteiger partial charge < -0.3 is 15.3 Å². The highest BCUT2D eigenvalue weighted by atomic mass is 19.1. The molecule has 0 saturated carbocycles. The summed E-state index contributed by atoms with van der Waals surface area (Å²) in [4.78, 5) is 24.4. The van der Waals surface area contributed by atoms with E-state index in [1.54, 1.807) is 19.1 Å². The van der Waals surface area contributed by atoms with Gasteiger partial charge in [-0.05, 0) is 45.4 Å². The minimum absolute atomic E-state index is 0.0824. The van der Waals surface area contributed by atoms with Crippen molar-refractivity contribution in [2.75, 3.05) is 11.9 Å². The number of nitrogens with one attached hydrogen (secondary N) is 1. The Hall–Kier alpha value is -2.11. The number of carboxylic acids is 1. The molecule has 5 nitrogen and oxygen atoms in total. The summed E-state index contributed by atoms with van der Waals surface area (Å²) in [6, 6.07) is 3.97. The molecule has 0 aliphatic carbocycles. The highest BCUT2D eigenvalue weighted by molar-refractivity contribution is 5.90. The Balaban J connectivity index is 2.85. The van der Waals surface area contributed by atoms with E-state index in [-0.39, 0.29) is 13.0 Å². The minimum atomic E-state index is -0.974. The number of aliphatic carboxylic acids is 1. The van der Waals surface area contributed by atoms with Gasteiger partial charge in [-0.1, -0.05) is 6.07 Å². The first kappa shape index (κ1) is 16.9. The number of amides is 2. The molecule has 2 N–H and O–H groups in total. The lowest BCUT2D eigenvalue weighted by atomic mass is 10.1. The number of urea groups is 1. The average molecular weight is 296 g/mol. The van der Waals surface area contributed by atoms with Crippen molar-refractivity contribution in [1.29, 1.82) is 0 Å². The van der Waals surface area contributed by atoms with E-state index in [0.717, 1.165) is 0 Å². The fourth-order valence-electron chi connectivity index (χ4n) is 1.81. The zero-order valence-electron chi connectivity index (χ0n) is 12.7. The van der Waals surface area contributed by atoms with Crippen LogP contribution in [0.4, 0.5) is 14.9 Å². The molecule has 1 rings (SSSR count). The number of aryl methyl sites for hydroxylation is 1. The van der Waals surface area contributed by atoms with E-state index in [0.29, 0.717) is 11.3 Å². The van der Waals surface area contributed by atoms with E-state index >= 15 is 0 Å². The van der Waals surface area contributed by atoms with E-state index in [4.69, 9.17) is 5.11 Å². The molecule has 0 heterocycles. The number of carbonyl (C=O) groups is 2. The van der Waals surface area contributed by atoms with Gasteiger partial charge >= 0.3 is 12.0 Å². The molecular formula is C15H21FN2O3. The number of carbonyl (C=O) groups excluding carboxylic acids is 1. The molecule has 0 saturated heterocycles.